The molecule has 1 atom stereocenters. The molecule has 3 heteroatoms. The van der Waals surface area contributed by atoms with Crippen LogP contribution < -0.4 is 5.32 Å². The summed E-state index contributed by atoms with van der Waals surface area (Å²) in [6.45, 7) is 2.73. The molecule has 92 valence electrons. The standard InChI is InChI=1S/C15H17N3/c1-11-16-9-8-13(18-11)10-17-15-7-6-12-4-2-3-5-14(12)15/h2-5,8-9,15,17H,6-7,10H2,1H3. The molecule has 1 aliphatic rings. The predicted octanol–water partition coefficient (Wildman–Crippen LogP) is 2.56. The minimum Gasteiger partial charge on any atom is -0.304 e. The fourth-order valence-corrected chi connectivity index (χ4v) is 2.60. The maximum atomic E-state index is 4.42. The van der Waals surface area contributed by atoms with Crippen molar-refractivity contribution in [3.05, 3.63) is 59.2 Å². The van der Waals surface area contributed by atoms with E-state index >= 15 is 0 Å². The van der Waals surface area contributed by atoms with Crippen molar-refractivity contribution in [3.8, 4) is 0 Å². The molecular weight excluding hydrogens is 222 g/mol. The second-order valence-electron chi connectivity index (χ2n) is 4.77. The normalized spacial score (nSPS) is 17.7. The van der Waals surface area contributed by atoms with Crippen LogP contribution >= 0.6 is 0 Å². The first-order chi connectivity index (χ1) is 8.83. The lowest BCUT2D eigenvalue weighted by Crippen LogP contribution is -2.19. The van der Waals surface area contributed by atoms with Gasteiger partial charge in [0.2, 0.25) is 0 Å². The maximum absolute atomic E-state index is 4.42. The van der Waals surface area contributed by atoms with Gasteiger partial charge >= 0.3 is 0 Å². The summed E-state index contributed by atoms with van der Waals surface area (Å²) < 4.78 is 0. The average Bonchev–Trinajstić information content (AvgIpc) is 2.80. The summed E-state index contributed by atoms with van der Waals surface area (Å²) >= 11 is 0. The second kappa shape index (κ2) is 4.86. The molecule has 0 radical (unpaired) electrons. The smallest absolute Gasteiger partial charge is 0.125 e. The molecular formula is C15H17N3. The van der Waals surface area contributed by atoms with Crippen LogP contribution in [0.1, 0.15) is 35.1 Å². The zero-order chi connectivity index (χ0) is 12.4. The third-order valence-corrected chi connectivity index (χ3v) is 3.50. The zero-order valence-corrected chi connectivity index (χ0v) is 10.6. The van der Waals surface area contributed by atoms with E-state index in [1.54, 1.807) is 0 Å². The summed E-state index contributed by atoms with van der Waals surface area (Å²) in [4.78, 5) is 8.53. The van der Waals surface area contributed by atoms with E-state index in [9.17, 15) is 0 Å². The SMILES string of the molecule is Cc1nccc(CNC2CCc3ccccc32)n1. The number of nitrogens with zero attached hydrogens (tertiary/aromatic N) is 2. The summed E-state index contributed by atoms with van der Waals surface area (Å²) in [6, 6.07) is 11.1. The fourth-order valence-electron chi connectivity index (χ4n) is 2.60. The van der Waals surface area contributed by atoms with Crippen LogP contribution in [0, 0.1) is 6.92 Å². The summed E-state index contributed by atoms with van der Waals surface area (Å²) in [6.07, 6.45) is 4.18. The molecule has 0 amide bonds. The molecule has 3 rings (SSSR count). The first-order valence-electron chi connectivity index (χ1n) is 6.42. The topological polar surface area (TPSA) is 37.8 Å². The molecule has 1 N–H and O–H groups in total. The van der Waals surface area contributed by atoms with E-state index in [2.05, 4.69) is 39.6 Å². The van der Waals surface area contributed by atoms with Crippen molar-refractivity contribution in [1.29, 1.82) is 0 Å². The highest BCUT2D eigenvalue weighted by Gasteiger charge is 2.21. The van der Waals surface area contributed by atoms with Gasteiger partial charge in [0, 0.05) is 18.8 Å². The minimum atomic E-state index is 0.469. The third kappa shape index (κ3) is 2.27. The molecule has 1 heterocycles. The van der Waals surface area contributed by atoms with E-state index in [4.69, 9.17) is 0 Å². The van der Waals surface area contributed by atoms with Gasteiger partial charge < -0.3 is 5.32 Å². The molecule has 1 unspecified atom stereocenters. The summed E-state index contributed by atoms with van der Waals surface area (Å²) in [7, 11) is 0. The van der Waals surface area contributed by atoms with Gasteiger partial charge in [-0.3, -0.25) is 0 Å². The highest BCUT2D eigenvalue weighted by atomic mass is 15.0. The quantitative estimate of drug-likeness (QED) is 0.894. The van der Waals surface area contributed by atoms with Gasteiger partial charge in [-0.1, -0.05) is 24.3 Å². The Kier molecular flexibility index (Phi) is 3.07. The monoisotopic (exact) mass is 239 g/mol. The lowest BCUT2D eigenvalue weighted by molar-refractivity contribution is 0.524. The Morgan fingerprint density at radius 1 is 1.28 bits per heavy atom. The van der Waals surface area contributed by atoms with Crippen LogP contribution in [0.4, 0.5) is 0 Å². The number of fused-ring (bicyclic) bond motifs is 1. The molecule has 0 spiro atoms. The number of hydrogen-bond donors (Lipinski definition) is 1. The van der Waals surface area contributed by atoms with Gasteiger partial charge in [0.1, 0.15) is 5.82 Å². The van der Waals surface area contributed by atoms with Crippen LogP contribution in [-0.2, 0) is 13.0 Å². The van der Waals surface area contributed by atoms with E-state index in [0.717, 1.165) is 18.1 Å². The van der Waals surface area contributed by atoms with E-state index in [0.29, 0.717) is 6.04 Å². The Balaban J connectivity index is 1.69. The first-order valence-corrected chi connectivity index (χ1v) is 6.42. The minimum absolute atomic E-state index is 0.469. The number of aryl methyl sites for hydroxylation is 2. The third-order valence-electron chi connectivity index (χ3n) is 3.50. The average molecular weight is 239 g/mol. The van der Waals surface area contributed by atoms with Gasteiger partial charge in [0.25, 0.3) is 0 Å². The molecule has 2 aromatic rings. The van der Waals surface area contributed by atoms with Gasteiger partial charge in [0.15, 0.2) is 0 Å². The number of benzene rings is 1. The second-order valence-corrected chi connectivity index (χ2v) is 4.77. The van der Waals surface area contributed by atoms with Gasteiger partial charge in [-0.15, -0.1) is 0 Å². The van der Waals surface area contributed by atoms with Crippen molar-refractivity contribution in [2.24, 2.45) is 0 Å². The fraction of sp³-hybridized carbons (Fsp3) is 0.333. The molecule has 1 aliphatic carbocycles. The molecule has 0 saturated heterocycles. The Labute approximate surface area is 107 Å². The van der Waals surface area contributed by atoms with Gasteiger partial charge in [-0.2, -0.15) is 0 Å². The van der Waals surface area contributed by atoms with Crippen LogP contribution in [0.15, 0.2) is 36.5 Å². The predicted molar refractivity (Wildman–Crippen MR) is 71.1 cm³/mol. The summed E-state index contributed by atoms with van der Waals surface area (Å²) in [5.41, 5.74) is 3.99. The lowest BCUT2D eigenvalue weighted by atomic mass is 10.1. The van der Waals surface area contributed by atoms with Gasteiger partial charge in [-0.25, -0.2) is 9.97 Å². The molecule has 0 aliphatic heterocycles. The van der Waals surface area contributed by atoms with Crippen molar-refractivity contribution < 1.29 is 0 Å². The first kappa shape index (κ1) is 11.4. The molecule has 3 nitrogen and oxygen atoms in total. The Morgan fingerprint density at radius 2 is 2.17 bits per heavy atom. The molecule has 0 saturated carbocycles. The lowest BCUT2D eigenvalue weighted by Gasteiger charge is -2.13. The number of rotatable bonds is 3. The van der Waals surface area contributed by atoms with E-state index in [1.165, 1.54) is 24.0 Å². The Hall–Kier alpha value is -1.74. The largest absolute Gasteiger partial charge is 0.304 e. The van der Waals surface area contributed by atoms with E-state index in [-0.39, 0.29) is 0 Å². The summed E-state index contributed by atoms with van der Waals surface area (Å²) in [5.74, 6) is 0.834. The Morgan fingerprint density at radius 3 is 3.06 bits per heavy atom. The number of hydrogen-bond acceptors (Lipinski definition) is 3. The van der Waals surface area contributed by atoms with Crippen molar-refractivity contribution in [2.75, 3.05) is 0 Å². The van der Waals surface area contributed by atoms with Crippen molar-refractivity contribution in [2.45, 2.75) is 32.4 Å². The van der Waals surface area contributed by atoms with Crippen LogP contribution in [0.3, 0.4) is 0 Å². The van der Waals surface area contributed by atoms with Gasteiger partial charge in [-0.05, 0) is 37.0 Å². The highest BCUT2D eigenvalue weighted by Crippen LogP contribution is 2.30. The van der Waals surface area contributed by atoms with Gasteiger partial charge in [0.05, 0.1) is 5.69 Å². The Bertz CT molecular complexity index is 551. The highest BCUT2D eigenvalue weighted by molar-refractivity contribution is 5.34. The summed E-state index contributed by atoms with van der Waals surface area (Å²) in [5, 5.41) is 3.59. The molecule has 0 bridgehead atoms. The van der Waals surface area contributed by atoms with Crippen LogP contribution in [-0.4, -0.2) is 9.97 Å². The van der Waals surface area contributed by atoms with E-state index in [1.807, 2.05) is 19.2 Å². The van der Waals surface area contributed by atoms with E-state index < -0.39 is 0 Å². The van der Waals surface area contributed by atoms with Crippen molar-refractivity contribution in [1.82, 2.24) is 15.3 Å². The zero-order valence-electron chi connectivity index (χ0n) is 10.6. The maximum Gasteiger partial charge on any atom is 0.125 e. The molecule has 18 heavy (non-hydrogen) atoms. The molecule has 1 aromatic carbocycles. The van der Waals surface area contributed by atoms with Crippen LogP contribution in [0.2, 0.25) is 0 Å². The number of nitrogens with one attached hydrogen (secondary N) is 1. The van der Waals surface area contributed by atoms with Crippen LogP contribution in [0.25, 0.3) is 0 Å². The van der Waals surface area contributed by atoms with Crippen molar-refractivity contribution >= 4 is 0 Å². The molecule has 1 aromatic heterocycles. The molecule has 0 fully saturated rings. The van der Waals surface area contributed by atoms with Crippen molar-refractivity contribution in [3.63, 3.8) is 0 Å². The van der Waals surface area contributed by atoms with Crippen LogP contribution in [0.5, 0.6) is 0 Å². The number of aromatic nitrogens is 2.